The maximum atomic E-state index is 11.7. The third-order valence-electron chi connectivity index (χ3n) is 2.99. The van der Waals surface area contributed by atoms with Crippen molar-refractivity contribution >= 4 is 29.3 Å². The fraction of sp³-hybridized carbons (Fsp3) is 0.308. The van der Waals surface area contributed by atoms with Gasteiger partial charge in [-0.15, -0.1) is 0 Å². The Labute approximate surface area is 120 Å². The standard InChI is InChI=1S/C13H12ClN3O3/c14-10-5-9(4-3-8(10)6-15)16-13(20)17-11(12(18)19)7-1-2-7/h3-5,7,11H,1-2H2,(H,18,19)(H2,16,17,20). The molecule has 0 spiro atoms. The molecule has 1 aliphatic rings. The Morgan fingerprint density at radius 3 is 2.65 bits per heavy atom. The van der Waals surface area contributed by atoms with Crippen molar-refractivity contribution < 1.29 is 14.7 Å². The van der Waals surface area contributed by atoms with E-state index in [1.165, 1.54) is 18.2 Å². The van der Waals surface area contributed by atoms with Crippen molar-refractivity contribution in [1.82, 2.24) is 5.32 Å². The van der Waals surface area contributed by atoms with Gasteiger partial charge < -0.3 is 15.7 Å². The fourth-order valence-corrected chi connectivity index (χ4v) is 2.03. The van der Waals surface area contributed by atoms with Crippen molar-refractivity contribution in [2.75, 3.05) is 5.32 Å². The number of rotatable bonds is 4. The van der Waals surface area contributed by atoms with Crippen LogP contribution in [0, 0.1) is 17.2 Å². The Morgan fingerprint density at radius 1 is 1.45 bits per heavy atom. The molecular weight excluding hydrogens is 282 g/mol. The summed E-state index contributed by atoms with van der Waals surface area (Å²) in [7, 11) is 0. The topological polar surface area (TPSA) is 102 Å². The second kappa shape index (κ2) is 5.80. The molecule has 0 aromatic heterocycles. The van der Waals surface area contributed by atoms with Crippen LogP contribution >= 0.6 is 11.6 Å². The molecule has 1 aromatic rings. The van der Waals surface area contributed by atoms with E-state index in [4.69, 9.17) is 22.0 Å². The highest BCUT2D eigenvalue weighted by molar-refractivity contribution is 6.32. The first-order valence-corrected chi connectivity index (χ1v) is 6.39. The summed E-state index contributed by atoms with van der Waals surface area (Å²) in [6, 6.07) is 4.87. The van der Waals surface area contributed by atoms with Crippen molar-refractivity contribution in [1.29, 1.82) is 5.26 Å². The number of benzene rings is 1. The van der Waals surface area contributed by atoms with Gasteiger partial charge in [0.25, 0.3) is 0 Å². The van der Waals surface area contributed by atoms with Crippen LogP contribution in [-0.4, -0.2) is 23.1 Å². The highest BCUT2D eigenvalue weighted by atomic mass is 35.5. The van der Waals surface area contributed by atoms with Gasteiger partial charge in [0, 0.05) is 5.69 Å². The van der Waals surface area contributed by atoms with Crippen molar-refractivity contribution in [2.45, 2.75) is 18.9 Å². The highest BCUT2D eigenvalue weighted by Gasteiger charge is 2.37. The molecule has 3 N–H and O–H groups in total. The molecule has 0 radical (unpaired) electrons. The Balaban J connectivity index is 1.99. The van der Waals surface area contributed by atoms with Crippen LogP contribution in [0.3, 0.4) is 0 Å². The summed E-state index contributed by atoms with van der Waals surface area (Å²) < 4.78 is 0. The van der Waals surface area contributed by atoms with Gasteiger partial charge in [0.05, 0.1) is 10.6 Å². The SMILES string of the molecule is N#Cc1ccc(NC(=O)NC(C(=O)O)C2CC2)cc1Cl. The van der Waals surface area contributed by atoms with Gasteiger partial charge in [-0.3, -0.25) is 0 Å². The number of hydrogen-bond acceptors (Lipinski definition) is 3. The summed E-state index contributed by atoms with van der Waals surface area (Å²) >= 11 is 5.84. The molecule has 0 aliphatic heterocycles. The van der Waals surface area contributed by atoms with Crippen LogP contribution in [0.25, 0.3) is 0 Å². The van der Waals surface area contributed by atoms with Gasteiger partial charge in [-0.2, -0.15) is 5.26 Å². The summed E-state index contributed by atoms with van der Waals surface area (Å²) in [5.74, 6) is -1.04. The molecule has 104 valence electrons. The van der Waals surface area contributed by atoms with E-state index in [9.17, 15) is 9.59 Å². The number of aliphatic carboxylic acids is 1. The van der Waals surface area contributed by atoms with Crippen LogP contribution in [0.4, 0.5) is 10.5 Å². The fourth-order valence-electron chi connectivity index (χ4n) is 1.80. The maximum absolute atomic E-state index is 11.7. The summed E-state index contributed by atoms with van der Waals surface area (Å²) in [4.78, 5) is 22.7. The zero-order valence-electron chi connectivity index (χ0n) is 10.4. The normalized spacial score (nSPS) is 15.0. The largest absolute Gasteiger partial charge is 0.480 e. The number of carbonyl (C=O) groups is 2. The van der Waals surface area contributed by atoms with Crippen LogP contribution in [0.1, 0.15) is 18.4 Å². The molecule has 1 unspecified atom stereocenters. The van der Waals surface area contributed by atoms with Gasteiger partial charge in [-0.25, -0.2) is 9.59 Å². The van der Waals surface area contributed by atoms with E-state index in [0.29, 0.717) is 11.3 Å². The molecule has 1 aliphatic carbocycles. The van der Waals surface area contributed by atoms with E-state index in [1.54, 1.807) is 0 Å². The summed E-state index contributed by atoms with van der Waals surface area (Å²) in [6.45, 7) is 0. The number of hydrogen-bond donors (Lipinski definition) is 3. The van der Waals surface area contributed by atoms with Gasteiger partial charge in [-0.1, -0.05) is 11.6 Å². The van der Waals surface area contributed by atoms with E-state index >= 15 is 0 Å². The number of nitriles is 1. The number of carbonyl (C=O) groups excluding carboxylic acids is 1. The zero-order chi connectivity index (χ0) is 14.7. The second-order valence-corrected chi connectivity index (χ2v) is 4.97. The lowest BCUT2D eigenvalue weighted by molar-refractivity contribution is -0.139. The first-order valence-electron chi connectivity index (χ1n) is 6.01. The minimum absolute atomic E-state index is 0.00260. The summed E-state index contributed by atoms with van der Waals surface area (Å²) in [6.07, 6.45) is 1.61. The van der Waals surface area contributed by atoms with Crippen molar-refractivity contribution in [2.24, 2.45) is 5.92 Å². The highest BCUT2D eigenvalue weighted by Crippen LogP contribution is 2.32. The van der Waals surface area contributed by atoms with Gasteiger partial charge in [0.1, 0.15) is 12.1 Å². The van der Waals surface area contributed by atoms with E-state index in [-0.39, 0.29) is 10.9 Å². The molecule has 0 saturated heterocycles. The lowest BCUT2D eigenvalue weighted by Gasteiger charge is -2.14. The predicted molar refractivity (Wildman–Crippen MR) is 72.5 cm³/mol. The molecule has 1 saturated carbocycles. The molecule has 20 heavy (non-hydrogen) atoms. The number of nitrogens with one attached hydrogen (secondary N) is 2. The predicted octanol–water partition coefficient (Wildman–Crippen LogP) is 2.20. The molecule has 0 bridgehead atoms. The Bertz CT molecular complexity index is 593. The third kappa shape index (κ3) is 3.39. The van der Waals surface area contributed by atoms with E-state index in [1.807, 2.05) is 6.07 Å². The summed E-state index contributed by atoms with van der Waals surface area (Å²) in [5.41, 5.74) is 0.699. The van der Waals surface area contributed by atoms with Gasteiger partial charge in [0.15, 0.2) is 0 Å². The number of carboxylic acids is 1. The number of anilines is 1. The van der Waals surface area contributed by atoms with E-state index < -0.39 is 18.0 Å². The molecule has 2 rings (SSSR count). The molecule has 0 heterocycles. The quantitative estimate of drug-likeness (QED) is 0.792. The second-order valence-electron chi connectivity index (χ2n) is 4.56. The summed E-state index contributed by atoms with van der Waals surface area (Å²) in [5, 5.41) is 22.9. The van der Waals surface area contributed by atoms with Gasteiger partial charge >= 0.3 is 12.0 Å². The maximum Gasteiger partial charge on any atom is 0.326 e. The van der Waals surface area contributed by atoms with Crippen LogP contribution in [0.5, 0.6) is 0 Å². The van der Waals surface area contributed by atoms with Crippen LogP contribution < -0.4 is 10.6 Å². The Morgan fingerprint density at radius 2 is 2.15 bits per heavy atom. The number of carboxylic acid groups (broad SMARTS) is 1. The number of nitrogens with zero attached hydrogens (tertiary/aromatic N) is 1. The molecule has 1 atom stereocenters. The minimum Gasteiger partial charge on any atom is -0.480 e. The molecule has 7 heteroatoms. The number of urea groups is 1. The average molecular weight is 294 g/mol. The molecular formula is C13H12ClN3O3. The number of halogens is 1. The smallest absolute Gasteiger partial charge is 0.326 e. The first kappa shape index (κ1) is 14.2. The third-order valence-corrected chi connectivity index (χ3v) is 3.31. The Kier molecular flexibility index (Phi) is 4.11. The Hall–Kier alpha value is -2.26. The number of amides is 2. The lowest BCUT2D eigenvalue weighted by Crippen LogP contribution is -2.44. The van der Waals surface area contributed by atoms with Gasteiger partial charge in [-0.05, 0) is 37.0 Å². The molecule has 6 nitrogen and oxygen atoms in total. The van der Waals surface area contributed by atoms with Crippen molar-refractivity contribution in [3.63, 3.8) is 0 Å². The minimum atomic E-state index is -1.04. The zero-order valence-corrected chi connectivity index (χ0v) is 11.1. The van der Waals surface area contributed by atoms with Crippen molar-refractivity contribution in [3.8, 4) is 6.07 Å². The monoisotopic (exact) mass is 293 g/mol. The average Bonchev–Trinajstić information content (AvgIpc) is 3.20. The molecule has 1 fully saturated rings. The van der Waals surface area contributed by atoms with E-state index in [0.717, 1.165) is 12.8 Å². The molecule has 2 amide bonds. The van der Waals surface area contributed by atoms with E-state index in [2.05, 4.69) is 10.6 Å². The van der Waals surface area contributed by atoms with Crippen molar-refractivity contribution in [3.05, 3.63) is 28.8 Å². The van der Waals surface area contributed by atoms with Crippen LogP contribution in [0.15, 0.2) is 18.2 Å². The van der Waals surface area contributed by atoms with Crippen LogP contribution in [0.2, 0.25) is 5.02 Å². The van der Waals surface area contributed by atoms with Crippen LogP contribution in [-0.2, 0) is 4.79 Å². The molecule has 1 aromatic carbocycles. The first-order chi connectivity index (χ1) is 9.51. The lowest BCUT2D eigenvalue weighted by atomic mass is 10.2. The van der Waals surface area contributed by atoms with Gasteiger partial charge in [0.2, 0.25) is 0 Å².